The number of aromatic nitrogens is 1. The number of benzene rings is 1. The molecule has 0 bridgehead atoms. The summed E-state index contributed by atoms with van der Waals surface area (Å²) in [5.41, 5.74) is 9.58. The second-order valence-electron chi connectivity index (χ2n) is 5.14. The third kappa shape index (κ3) is 4.44. The van der Waals surface area contributed by atoms with Crippen molar-refractivity contribution in [2.75, 3.05) is 13.1 Å². The van der Waals surface area contributed by atoms with Crippen LogP contribution in [0.15, 0.2) is 48.8 Å². The number of nitrogens with zero attached hydrogens (tertiary/aromatic N) is 2. The first-order valence-corrected chi connectivity index (χ1v) is 7.15. The van der Waals surface area contributed by atoms with Gasteiger partial charge in [-0.25, -0.2) is 0 Å². The van der Waals surface area contributed by atoms with Gasteiger partial charge in [-0.15, -0.1) is 0 Å². The third-order valence-electron chi connectivity index (χ3n) is 3.47. The minimum Gasteiger partial charge on any atom is -0.330 e. The summed E-state index contributed by atoms with van der Waals surface area (Å²) in [5, 5.41) is 0. The van der Waals surface area contributed by atoms with E-state index in [1.165, 1.54) is 16.7 Å². The van der Waals surface area contributed by atoms with E-state index in [-0.39, 0.29) is 0 Å². The first-order chi connectivity index (χ1) is 9.79. The van der Waals surface area contributed by atoms with Gasteiger partial charge in [0.2, 0.25) is 0 Å². The fourth-order valence-corrected chi connectivity index (χ4v) is 2.27. The fraction of sp³-hybridized carbons (Fsp3) is 0.353. The monoisotopic (exact) mass is 269 g/mol. The van der Waals surface area contributed by atoms with E-state index in [0.29, 0.717) is 0 Å². The molecular weight excluding hydrogens is 246 g/mol. The van der Waals surface area contributed by atoms with E-state index < -0.39 is 0 Å². The van der Waals surface area contributed by atoms with Gasteiger partial charge < -0.3 is 5.73 Å². The van der Waals surface area contributed by atoms with Gasteiger partial charge in [0.25, 0.3) is 0 Å². The molecule has 0 aliphatic heterocycles. The molecule has 0 unspecified atom stereocenters. The van der Waals surface area contributed by atoms with Crippen molar-refractivity contribution in [2.24, 2.45) is 5.73 Å². The van der Waals surface area contributed by atoms with Crippen LogP contribution < -0.4 is 5.73 Å². The number of hydrogen-bond donors (Lipinski definition) is 1. The molecule has 0 fully saturated rings. The summed E-state index contributed by atoms with van der Waals surface area (Å²) in [4.78, 5) is 6.67. The molecule has 0 saturated heterocycles. The molecule has 1 aromatic carbocycles. The SMILES string of the molecule is Cc1ccncc1CN(CCCN)Cc1ccccc1. The summed E-state index contributed by atoms with van der Waals surface area (Å²) in [7, 11) is 0. The molecule has 2 N–H and O–H groups in total. The summed E-state index contributed by atoms with van der Waals surface area (Å²) >= 11 is 0. The van der Waals surface area contributed by atoms with Crippen LogP contribution in [0.3, 0.4) is 0 Å². The normalized spacial score (nSPS) is 10.9. The van der Waals surface area contributed by atoms with Crippen LogP contribution in [0.5, 0.6) is 0 Å². The highest BCUT2D eigenvalue weighted by molar-refractivity contribution is 5.21. The molecular formula is C17H23N3. The van der Waals surface area contributed by atoms with Crippen molar-refractivity contribution in [3.05, 3.63) is 65.5 Å². The van der Waals surface area contributed by atoms with E-state index in [4.69, 9.17) is 5.73 Å². The summed E-state index contributed by atoms with van der Waals surface area (Å²) in [6.07, 6.45) is 4.84. The van der Waals surface area contributed by atoms with Crippen LogP contribution in [0, 0.1) is 6.92 Å². The number of hydrogen-bond acceptors (Lipinski definition) is 3. The van der Waals surface area contributed by atoms with E-state index in [1.54, 1.807) is 0 Å². The lowest BCUT2D eigenvalue weighted by Gasteiger charge is -2.23. The van der Waals surface area contributed by atoms with Crippen molar-refractivity contribution >= 4 is 0 Å². The molecule has 3 nitrogen and oxygen atoms in total. The van der Waals surface area contributed by atoms with Gasteiger partial charge >= 0.3 is 0 Å². The summed E-state index contributed by atoms with van der Waals surface area (Å²) in [6.45, 7) is 5.77. The Morgan fingerprint density at radius 3 is 2.60 bits per heavy atom. The summed E-state index contributed by atoms with van der Waals surface area (Å²) in [6, 6.07) is 12.6. The van der Waals surface area contributed by atoms with Gasteiger partial charge in [-0.05, 0) is 42.6 Å². The van der Waals surface area contributed by atoms with Crippen molar-refractivity contribution in [3.63, 3.8) is 0 Å². The fourth-order valence-electron chi connectivity index (χ4n) is 2.27. The average Bonchev–Trinajstić information content (AvgIpc) is 2.48. The van der Waals surface area contributed by atoms with Crippen LogP contribution in [-0.2, 0) is 13.1 Å². The summed E-state index contributed by atoms with van der Waals surface area (Å²) in [5.74, 6) is 0. The number of pyridine rings is 1. The Bertz CT molecular complexity index is 511. The Hall–Kier alpha value is -1.71. The Morgan fingerprint density at radius 1 is 1.10 bits per heavy atom. The molecule has 2 aromatic rings. The van der Waals surface area contributed by atoms with Crippen LogP contribution in [0.1, 0.15) is 23.1 Å². The molecule has 1 aromatic heterocycles. The molecule has 0 radical (unpaired) electrons. The molecule has 3 heteroatoms. The third-order valence-corrected chi connectivity index (χ3v) is 3.47. The smallest absolute Gasteiger partial charge is 0.0315 e. The first kappa shape index (κ1) is 14.7. The second-order valence-corrected chi connectivity index (χ2v) is 5.14. The Balaban J connectivity index is 2.05. The lowest BCUT2D eigenvalue weighted by Crippen LogP contribution is -2.26. The molecule has 106 valence electrons. The van der Waals surface area contributed by atoms with Gasteiger partial charge in [0.05, 0.1) is 0 Å². The topological polar surface area (TPSA) is 42.2 Å². The van der Waals surface area contributed by atoms with Crippen molar-refractivity contribution < 1.29 is 0 Å². The van der Waals surface area contributed by atoms with Gasteiger partial charge in [-0.2, -0.15) is 0 Å². The largest absolute Gasteiger partial charge is 0.330 e. The van der Waals surface area contributed by atoms with Crippen LogP contribution in [0.25, 0.3) is 0 Å². The zero-order valence-corrected chi connectivity index (χ0v) is 12.1. The van der Waals surface area contributed by atoms with E-state index in [1.807, 2.05) is 12.4 Å². The molecule has 1 heterocycles. The molecule has 20 heavy (non-hydrogen) atoms. The zero-order chi connectivity index (χ0) is 14.2. The zero-order valence-electron chi connectivity index (χ0n) is 12.1. The molecule has 2 rings (SSSR count). The maximum Gasteiger partial charge on any atom is 0.0315 e. The minimum atomic E-state index is 0.733. The highest BCUT2D eigenvalue weighted by Crippen LogP contribution is 2.12. The van der Waals surface area contributed by atoms with Crippen molar-refractivity contribution in [1.82, 2.24) is 9.88 Å². The van der Waals surface area contributed by atoms with Gasteiger partial charge in [0, 0.05) is 32.0 Å². The van der Waals surface area contributed by atoms with Gasteiger partial charge in [-0.1, -0.05) is 30.3 Å². The van der Waals surface area contributed by atoms with Crippen molar-refractivity contribution in [1.29, 1.82) is 0 Å². The lowest BCUT2D eigenvalue weighted by atomic mass is 10.1. The van der Waals surface area contributed by atoms with E-state index in [0.717, 1.165) is 32.6 Å². The number of nitrogens with two attached hydrogens (primary N) is 1. The van der Waals surface area contributed by atoms with E-state index >= 15 is 0 Å². The number of rotatable bonds is 7. The van der Waals surface area contributed by atoms with Crippen molar-refractivity contribution in [2.45, 2.75) is 26.4 Å². The van der Waals surface area contributed by atoms with Gasteiger partial charge in [0.15, 0.2) is 0 Å². The molecule has 0 spiro atoms. The van der Waals surface area contributed by atoms with Gasteiger partial charge in [0.1, 0.15) is 0 Å². The molecule has 0 amide bonds. The maximum absolute atomic E-state index is 5.65. The maximum atomic E-state index is 5.65. The van der Waals surface area contributed by atoms with Gasteiger partial charge in [-0.3, -0.25) is 9.88 Å². The van der Waals surface area contributed by atoms with Crippen LogP contribution in [0.2, 0.25) is 0 Å². The Labute approximate surface area is 121 Å². The van der Waals surface area contributed by atoms with Crippen LogP contribution >= 0.6 is 0 Å². The molecule has 0 aliphatic carbocycles. The second kappa shape index (κ2) is 7.78. The Kier molecular flexibility index (Phi) is 5.71. The highest BCUT2D eigenvalue weighted by atomic mass is 15.1. The molecule has 0 saturated carbocycles. The minimum absolute atomic E-state index is 0.733. The Morgan fingerprint density at radius 2 is 1.90 bits per heavy atom. The average molecular weight is 269 g/mol. The highest BCUT2D eigenvalue weighted by Gasteiger charge is 2.08. The van der Waals surface area contributed by atoms with Crippen LogP contribution in [0.4, 0.5) is 0 Å². The lowest BCUT2D eigenvalue weighted by molar-refractivity contribution is 0.254. The molecule has 0 aliphatic rings. The predicted octanol–water partition coefficient (Wildman–Crippen LogP) is 2.74. The standard InChI is InChI=1S/C17H23N3/c1-15-8-10-19-12-17(15)14-20(11-5-9-18)13-16-6-3-2-4-7-16/h2-4,6-8,10,12H,5,9,11,13-14,18H2,1H3. The quantitative estimate of drug-likeness (QED) is 0.840. The van der Waals surface area contributed by atoms with E-state index in [2.05, 4.69) is 53.2 Å². The first-order valence-electron chi connectivity index (χ1n) is 7.15. The van der Waals surface area contributed by atoms with E-state index in [9.17, 15) is 0 Å². The van der Waals surface area contributed by atoms with Crippen molar-refractivity contribution in [3.8, 4) is 0 Å². The number of aryl methyl sites for hydroxylation is 1. The molecule has 0 atom stereocenters. The van der Waals surface area contributed by atoms with Crippen LogP contribution in [-0.4, -0.2) is 23.0 Å². The predicted molar refractivity (Wildman–Crippen MR) is 83.2 cm³/mol. The summed E-state index contributed by atoms with van der Waals surface area (Å²) < 4.78 is 0.